The zero-order chi connectivity index (χ0) is 20.6. The fourth-order valence-corrected chi connectivity index (χ4v) is 5.23. The third-order valence-corrected chi connectivity index (χ3v) is 6.85. The Morgan fingerprint density at radius 2 is 1.90 bits per heavy atom. The van der Waals surface area contributed by atoms with Crippen molar-refractivity contribution >= 4 is 21.6 Å². The summed E-state index contributed by atoms with van der Waals surface area (Å²) in [7, 11) is -0.0530. The molecule has 29 heavy (non-hydrogen) atoms. The van der Waals surface area contributed by atoms with Crippen LogP contribution in [0.4, 0.5) is 5.69 Å². The van der Waals surface area contributed by atoms with Crippen LogP contribution in [0.5, 0.6) is 11.5 Å². The lowest BCUT2D eigenvalue weighted by Crippen LogP contribution is -2.48. The Bertz CT molecular complexity index is 1020. The highest BCUT2D eigenvalue weighted by Crippen LogP contribution is 2.38. The lowest BCUT2D eigenvalue weighted by atomic mass is 10.1. The van der Waals surface area contributed by atoms with Crippen LogP contribution in [0.25, 0.3) is 0 Å². The maximum atomic E-state index is 12.6. The Morgan fingerprint density at radius 1 is 1.17 bits per heavy atom. The summed E-state index contributed by atoms with van der Waals surface area (Å²) in [6.45, 7) is 0.845. The monoisotopic (exact) mass is 415 g/mol. The second kappa shape index (κ2) is 7.68. The molecule has 4 rings (SSSR count). The van der Waals surface area contributed by atoms with Gasteiger partial charge in [-0.25, -0.2) is 8.42 Å². The number of anilines is 1. The molecule has 2 heterocycles. The molecule has 0 spiro atoms. The molecule has 1 unspecified atom stereocenters. The maximum Gasteiger partial charge on any atom is 0.244 e. The number of hydrogen-bond acceptors (Lipinski definition) is 5. The van der Waals surface area contributed by atoms with Gasteiger partial charge in [0.2, 0.25) is 15.9 Å². The van der Waals surface area contributed by atoms with Gasteiger partial charge in [-0.1, -0.05) is 12.1 Å². The smallest absolute Gasteiger partial charge is 0.244 e. The summed E-state index contributed by atoms with van der Waals surface area (Å²) in [5.74, 6) is 1.18. The Morgan fingerprint density at radius 3 is 2.62 bits per heavy atom. The highest BCUT2D eigenvalue weighted by Gasteiger charge is 2.37. The fourth-order valence-electron chi connectivity index (χ4n) is 3.77. The van der Waals surface area contributed by atoms with Crippen molar-refractivity contribution in [3.63, 3.8) is 0 Å². The van der Waals surface area contributed by atoms with Crippen molar-refractivity contribution in [1.82, 2.24) is 9.62 Å². The largest absolute Gasteiger partial charge is 0.457 e. The van der Waals surface area contributed by atoms with Gasteiger partial charge in [-0.05, 0) is 49.1 Å². The number of carbonyl (C=O) groups excluding carboxylic acids is 1. The Balaban J connectivity index is 1.49. The number of nitrogens with zero attached hydrogens (tertiary/aromatic N) is 2. The van der Waals surface area contributed by atoms with E-state index in [0.717, 1.165) is 30.6 Å². The summed E-state index contributed by atoms with van der Waals surface area (Å²) in [6.07, 6.45) is 2.77. The Hall–Kier alpha value is -2.58. The molecule has 2 aromatic rings. The zero-order valence-electron chi connectivity index (χ0n) is 16.6. The molecule has 8 heteroatoms. The first-order valence-corrected chi connectivity index (χ1v) is 11.2. The predicted molar refractivity (Wildman–Crippen MR) is 111 cm³/mol. The number of rotatable bonds is 5. The van der Waals surface area contributed by atoms with E-state index < -0.39 is 10.0 Å². The third kappa shape index (κ3) is 4.09. The molecular formula is C21H25N3O4S. The van der Waals surface area contributed by atoms with Crippen molar-refractivity contribution < 1.29 is 17.9 Å². The summed E-state index contributed by atoms with van der Waals surface area (Å²) in [4.78, 5) is 15.6. The Kier molecular flexibility index (Phi) is 5.23. The van der Waals surface area contributed by atoms with E-state index in [2.05, 4.69) is 9.62 Å². The molecule has 2 aromatic carbocycles. The SMILES string of the molecule is CN(C)C(=O)CCc1ccc(Oc2ccc3c(c2)S(=O)(=O)NC2CCCN32)cc1. The van der Waals surface area contributed by atoms with Gasteiger partial charge in [-0.2, -0.15) is 4.72 Å². The fraction of sp³-hybridized carbons (Fsp3) is 0.381. The molecule has 1 N–H and O–H groups in total. The molecule has 1 saturated heterocycles. The molecule has 2 aliphatic rings. The highest BCUT2D eigenvalue weighted by molar-refractivity contribution is 7.89. The van der Waals surface area contributed by atoms with Crippen LogP contribution in [-0.2, 0) is 21.2 Å². The van der Waals surface area contributed by atoms with Crippen LogP contribution < -0.4 is 14.4 Å². The number of carbonyl (C=O) groups is 1. The summed E-state index contributed by atoms with van der Waals surface area (Å²) in [6, 6.07) is 12.7. The molecule has 0 bridgehead atoms. The summed E-state index contributed by atoms with van der Waals surface area (Å²) in [5, 5.41) is 0. The van der Waals surface area contributed by atoms with E-state index in [1.54, 1.807) is 31.1 Å². The number of fused-ring (bicyclic) bond motifs is 3. The maximum absolute atomic E-state index is 12.6. The quantitative estimate of drug-likeness (QED) is 0.812. The predicted octanol–water partition coefficient (Wildman–Crippen LogP) is 2.72. The van der Waals surface area contributed by atoms with Crippen molar-refractivity contribution in [2.24, 2.45) is 0 Å². The minimum atomic E-state index is -3.55. The zero-order valence-corrected chi connectivity index (χ0v) is 17.4. The van der Waals surface area contributed by atoms with Crippen LogP contribution in [0.2, 0.25) is 0 Å². The highest BCUT2D eigenvalue weighted by atomic mass is 32.2. The second-order valence-electron chi connectivity index (χ2n) is 7.64. The topological polar surface area (TPSA) is 78.9 Å². The standard InChI is InChI=1S/C21H25N3O4S/c1-23(2)21(25)12-7-15-5-8-16(9-6-15)28-17-10-11-18-19(14-17)29(26,27)22-20-4-3-13-24(18)20/h5-6,8-11,14,20,22H,3-4,7,12-13H2,1-2H3. The molecule has 0 aliphatic carbocycles. The van der Waals surface area contributed by atoms with E-state index in [9.17, 15) is 13.2 Å². The molecule has 1 atom stereocenters. The average molecular weight is 416 g/mol. The normalized spacial score (nSPS) is 19.4. The molecule has 1 fully saturated rings. The number of benzene rings is 2. The third-order valence-electron chi connectivity index (χ3n) is 5.36. The number of ether oxygens (including phenoxy) is 1. The van der Waals surface area contributed by atoms with Gasteiger partial charge in [-0.15, -0.1) is 0 Å². The van der Waals surface area contributed by atoms with Crippen molar-refractivity contribution in [3.05, 3.63) is 48.0 Å². The van der Waals surface area contributed by atoms with Gasteiger partial charge >= 0.3 is 0 Å². The summed E-state index contributed by atoms with van der Waals surface area (Å²) >= 11 is 0. The molecular weight excluding hydrogens is 390 g/mol. The average Bonchev–Trinajstić information content (AvgIpc) is 3.14. The molecule has 7 nitrogen and oxygen atoms in total. The number of hydrogen-bond donors (Lipinski definition) is 1. The molecule has 1 amide bonds. The van der Waals surface area contributed by atoms with Gasteiger partial charge < -0.3 is 14.5 Å². The molecule has 0 saturated carbocycles. The van der Waals surface area contributed by atoms with Crippen LogP contribution in [0.15, 0.2) is 47.4 Å². The van der Waals surface area contributed by atoms with Gasteiger partial charge in [0.15, 0.2) is 0 Å². The Labute approximate surface area is 171 Å². The van der Waals surface area contributed by atoms with E-state index in [0.29, 0.717) is 24.3 Å². The lowest BCUT2D eigenvalue weighted by Gasteiger charge is -2.33. The first kappa shape index (κ1) is 19.7. The van der Waals surface area contributed by atoms with Gasteiger partial charge in [0.05, 0.1) is 11.9 Å². The van der Waals surface area contributed by atoms with E-state index in [-0.39, 0.29) is 17.0 Å². The van der Waals surface area contributed by atoms with Gasteiger partial charge in [0, 0.05) is 33.1 Å². The van der Waals surface area contributed by atoms with Crippen LogP contribution in [0.3, 0.4) is 0 Å². The first-order chi connectivity index (χ1) is 13.8. The second-order valence-corrected chi connectivity index (χ2v) is 9.32. The van der Waals surface area contributed by atoms with Gasteiger partial charge in [-0.3, -0.25) is 4.79 Å². The number of nitrogens with one attached hydrogen (secondary N) is 1. The first-order valence-electron chi connectivity index (χ1n) is 9.73. The van der Waals surface area contributed by atoms with E-state index in [4.69, 9.17) is 4.74 Å². The van der Waals surface area contributed by atoms with Crippen molar-refractivity contribution in [2.75, 3.05) is 25.5 Å². The van der Waals surface area contributed by atoms with Crippen LogP contribution in [0.1, 0.15) is 24.8 Å². The molecule has 2 aliphatic heterocycles. The number of sulfonamides is 1. The van der Waals surface area contributed by atoms with Gasteiger partial charge in [0.1, 0.15) is 16.4 Å². The van der Waals surface area contributed by atoms with E-state index >= 15 is 0 Å². The molecule has 0 radical (unpaired) electrons. The molecule has 154 valence electrons. The summed E-state index contributed by atoms with van der Waals surface area (Å²) < 4.78 is 33.9. The van der Waals surface area contributed by atoms with E-state index in [1.807, 2.05) is 30.3 Å². The van der Waals surface area contributed by atoms with Crippen LogP contribution in [0, 0.1) is 0 Å². The van der Waals surface area contributed by atoms with Crippen molar-refractivity contribution in [3.8, 4) is 11.5 Å². The number of amides is 1. The minimum absolute atomic E-state index is 0.0921. The van der Waals surface area contributed by atoms with Crippen LogP contribution in [-0.4, -0.2) is 46.0 Å². The van der Waals surface area contributed by atoms with Crippen molar-refractivity contribution in [1.29, 1.82) is 0 Å². The number of aryl methyl sites for hydroxylation is 1. The van der Waals surface area contributed by atoms with Gasteiger partial charge in [0.25, 0.3) is 0 Å². The van der Waals surface area contributed by atoms with E-state index in [1.165, 1.54) is 0 Å². The summed E-state index contributed by atoms with van der Waals surface area (Å²) in [5.41, 5.74) is 1.78. The minimum Gasteiger partial charge on any atom is -0.457 e. The van der Waals surface area contributed by atoms with Crippen LogP contribution >= 0.6 is 0 Å². The molecule has 0 aromatic heterocycles. The lowest BCUT2D eigenvalue weighted by molar-refractivity contribution is -0.128. The van der Waals surface area contributed by atoms with Crippen molar-refractivity contribution in [2.45, 2.75) is 36.7 Å².